The normalized spacial score (nSPS) is 10.7. The molecule has 1 heterocycles. The number of hydrogen-bond donors (Lipinski definition) is 0. The van der Waals surface area contributed by atoms with Crippen LogP contribution in [-0.4, -0.2) is 25.0 Å². The van der Waals surface area contributed by atoms with E-state index in [1.165, 1.54) is 13.2 Å². The van der Waals surface area contributed by atoms with Crippen molar-refractivity contribution < 1.29 is 19.0 Å². The minimum absolute atomic E-state index is 0.140. The predicted molar refractivity (Wildman–Crippen MR) is 106 cm³/mol. The van der Waals surface area contributed by atoms with Crippen molar-refractivity contribution in [1.29, 1.82) is 0 Å². The first-order chi connectivity index (χ1) is 13.2. The molecule has 27 heavy (non-hydrogen) atoms. The molecule has 3 aromatic rings. The molecule has 0 spiro atoms. The van der Waals surface area contributed by atoms with Gasteiger partial charge in [-0.3, -0.25) is 4.79 Å². The number of carbonyl (C=O) groups excluding carboxylic acids is 1. The Balaban J connectivity index is 1.64. The van der Waals surface area contributed by atoms with Crippen LogP contribution in [0.3, 0.4) is 0 Å². The van der Waals surface area contributed by atoms with Crippen LogP contribution in [0.25, 0.3) is 6.08 Å². The number of aromatic nitrogens is 1. The topological polar surface area (TPSA) is 57.7 Å². The van der Waals surface area contributed by atoms with Crippen LogP contribution in [0.1, 0.15) is 21.6 Å². The monoisotopic (exact) mass is 381 g/mol. The zero-order valence-corrected chi connectivity index (χ0v) is 15.9. The summed E-state index contributed by atoms with van der Waals surface area (Å²) in [7, 11) is 3.10. The van der Waals surface area contributed by atoms with E-state index in [4.69, 9.17) is 14.2 Å². The molecule has 3 rings (SSSR count). The maximum atomic E-state index is 12.5. The average Bonchev–Trinajstić information content (AvgIpc) is 3.24. The van der Waals surface area contributed by atoms with Crippen molar-refractivity contribution in [3.05, 3.63) is 76.3 Å². The number of rotatable bonds is 8. The van der Waals surface area contributed by atoms with Crippen LogP contribution in [-0.2, 0) is 6.61 Å². The van der Waals surface area contributed by atoms with E-state index < -0.39 is 0 Å². The molecule has 0 aliphatic heterocycles. The summed E-state index contributed by atoms with van der Waals surface area (Å²) >= 11 is 1.54. The summed E-state index contributed by atoms with van der Waals surface area (Å²) in [4.78, 5) is 16.6. The Bertz CT molecular complexity index is 918. The molecule has 0 aliphatic rings. The fraction of sp³-hybridized carbons (Fsp3) is 0.143. The number of ether oxygens (including phenoxy) is 3. The predicted octanol–water partition coefficient (Wildman–Crippen LogP) is 4.64. The van der Waals surface area contributed by atoms with Crippen LogP contribution < -0.4 is 14.2 Å². The van der Waals surface area contributed by atoms with Crippen LogP contribution in [0.5, 0.6) is 17.2 Å². The van der Waals surface area contributed by atoms with E-state index in [-0.39, 0.29) is 5.78 Å². The molecule has 138 valence electrons. The summed E-state index contributed by atoms with van der Waals surface area (Å²) in [6, 6.07) is 12.6. The van der Waals surface area contributed by atoms with E-state index in [2.05, 4.69) is 4.98 Å². The molecule has 0 bridgehead atoms. The summed E-state index contributed by atoms with van der Waals surface area (Å²) in [5.41, 5.74) is 4.07. The van der Waals surface area contributed by atoms with Crippen LogP contribution in [0.15, 0.2) is 59.4 Å². The third-order valence-electron chi connectivity index (χ3n) is 3.85. The van der Waals surface area contributed by atoms with Gasteiger partial charge in [-0.2, -0.15) is 0 Å². The van der Waals surface area contributed by atoms with Gasteiger partial charge < -0.3 is 14.2 Å². The van der Waals surface area contributed by atoms with Crippen LogP contribution in [0.4, 0.5) is 0 Å². The third kappa shape index (κ3) is 4.95. The zero-order valence-electron chi connectivity index (χ0n) is 15.0. The van der Waals surface area contributed by atoms with Gasteiger partial charge in [0.25, 0.3) is 0 Å². The lowest BCUT2D eigenvalue weighted by molar-refractivity contribution is 0.104. The second-order valence-corrected chi connectivity index (χ2v) is 6.32. The van der Waals surface area contributed by atoms with Crippen molar-refractivity contribution >= 4 is 23.2 Å². The van der Waals surface area contributed by atoms with Crippen LogP contribution >= 0.6 is 11.3 Å². The molecule has 0 radical (unpaired) electrons. The highest BCUT2D eigenvalue weighted by Gasteiger charge is 2.10. The molecule has 1 aromatic heterocycles. The molecule has 0 fully saturated rings. The third-order valence-corrected chi connectivity index (χ3v) is 4.49. The summed E-state index contributed by atoms with van der Waals surface area (Å²) in [5.74, 6) is 1.73. The zero-order chi connectivity index (χ0) is 19.1. The van der Waals surface area contributed by atoms with E-state index in [0.29, 0.717) is 23.7 Å². The summed E-state index contributed by atoms with van der Waals surface area (Å²) in [5, 5.41) is 1.95. The molecule has 0 N–H and O–H groups in total. The summed E-state index contributed by atoms with van der Waals surface area (Å²) in [6.45, 7) is 0.439. The van der Waals surface area contributed by atoms with Gasteiger partial charge in [0.2, 0.25) is 0 Å². The van der Waals surface area contributed by atoms with Crippen molar-refractivity contribution in [1.82, 2.24) is 4.98 Å². The maximum absolute atomic E-state index is 12.5. The molecule has 0 saturated carbocycles. The molecule has 2 aromatic carbocycles. The molecule has 6 heteroatoms. The smallest absolute Gasteiger partial charge is 0.189 e. The van der Waals surface area contributed by atoms with E-state index in [9.17, 15) is 4.79 Å². The van der Waals surface area contributed by atoms with Crippen molar-refractivity contribution in [3.63, 3.8) is 0 Å². The standard InChI is InChI=1S/C21H19NO4S/c1-24-18-8-9-19(21(11-18)25-2)20(23)10-5-15-3-6-17(7-4-15)26-12-16-13-27-14-22-16/h3-11,13-14H,12H2,1-2H3/b10-5+. The Morgan fingerprint density at radius 1 is 1.07 bits per heavy atom. The molecular weight excluding hydrogens is 362 g/mol. The van der Waals surface area contributed by atoms with Crippen molar-refractivity contribution in [3.8, 4) is 17.2 Å². The number of hydrogen-bond acceptors (Lipinski definition) is 6. The fourth-order valence-electron chi connectivity index (χ4n) is 2.41. The second kappa shape index (κ2) is 9.00. The van der Waals surface area contributed by atoms with Gasteiger partial charge in [0.15, 0.2) is 5.78 Å². The molecular formula is C21H19NO4S. The Labute approximate surface area is 161 Å². The molecule has 0 saturated heterocycles. The second-order valence-electron chi connectivity index (χ2n) is 5.60. The minimum Gasteiger partial charge on any atom is -0.497 e. The number of benzene rings is 2. The van der Waals surface area contributed by atoms with Gasteiger partial charge >= 0.3 is 0 Å². The van der Waals surface area contributed by atoms with E-state index in [1.54, 1.807) is 48.2 Å². The number of carbonyl (C=O) groups is 1. The Hall–Kier alpha value is -3.12. The molecule has 0 atom stereocenters. The van der Waals surface area contributed by atoms with Gasteiger partial charge in [-0.1, -0.05) is 18.2 Å². The molecule has 0 unspecified atom stereocenters. The Morgan fingerprint density at radius 3 is 2.52 bits per heavy atom. The largest absolute Gasteiger partial charge is 0.497 e. The Kier molecular flexibility index (Phi) is 6.22. The van der Waals surface area contributed by atoms with Crippen LogP contribution in [0, 0.1) is 0 Å². The SMILES string of the molecule is COc1ccc(C(=O)/C=C/c2ccc(OCc3cscn3)cc2)c(OC)c1. The van der Waals surface area contributed by atoms with Gasteiger partial charge in [0, 0.05) is 11.4 Å². The van der Waals surface area contributed by atoms with Gasteiger partial charge in [-0.05, 0) is 35.9 Å². The van der Waals surface area contributed by atoms with E-state index >= 15 is 0 Å². The van der Waals surface area contributed by atoms with Gasteiger partial charge in [-0.15, -0.1) is 11.3 Å². The van der Waals surface area contributed by atoms with E-state index in [1.807, 2.05) is 29.6 Å². The van der Waals surface area contributed by atoms with E-state index in [0.717, 1.165) is 17.0 Å². The maximum Gasteiger partial charge on any atom is 0.189 e. The lowest BCUT2D eigenvalue weighted by atomic mass is 10.1. The number of methoxy groups -OCH3 is 2. The van der Waals surface area contributed by atoms with Gasteiger partial charge in [0.1, 0.15) is 23.9 Å². The first-order valence-corrected chi connectivity index (χ1v) is 9.18. The molecule has 5 nitrogen and oxygen atoms in total. The number of allylic oxidation sites excluding steroid dienone is 1. The van der Waals surface area contributed by atoms with Crippen molar-refractivity contribution in [2.45, 2.75) is 6.61 Å². The first kappa shape index (κ1) is 18.7. The minimum atomic E-state index is -0.140. The van der Waals surface area contributed by atoms with Crippen molar-refractivity contribution in [2.24, 2.45) is 0 Å². The first-order valence-electron chi connectivity index (χ1n) is 8.24. The molecule has 0 aliphatic carbocycles. The summed E-state index contributed by atoms with van der Waals surface area (Å²) in [6.07, 6.45) is 3.28. The number of nitrogens with zero attached hydrogens (tertiary/aromatic N) is 1. The average molecular weight is 381 g/mol. The van der Waals surface area contributed by atoms with Gasteiger partial charge in [-0.25, -0.2) is 4.98 Å². The highest BCUT2D eigenvalue weighted by Crippen LogP contribution is 2.25. The highest BCUT2D eigenvalue weighted by atomic mass is 32.1. The fourth-order valence-corrected chi connectivity index (χ4v) is 2.95. The Morgan fingerprint density at radius 2 is 1.85 bits per heavy atom. The number of thiazole rings is 1. The lowest BCUT2D eigenvalue weighted by Gasteiger charge is -2.08. The van der Waals surface area contributed by atoms with Gasteiger partial charge in [0.05, 0.1) is 31.0 Å². The quantitative estimate of drug-likeness (QED) is 0.420. The van der Waals surface area contributed by atoms with Crippen molar-refractivity contribution in [2.75, 3.05) is 14.2 Å². The van der Waals surface area contributed by atoms with Crippen LogP contribution in [0.2, 0.25) is 0 Å². The highest BCUT2D eigenvalue weighted by molar-refractivity contribution is 7.07. The summed E-state index contributed by atoms with van der Waals surface area (Å²) < 4.78 is 16.1. The lowest BCUT2D eigenvalue weighted by Crippen LogP contribution is -1.99. The molecule has 0 amide bonds. The number of ketones is 1.